The molecule has 100 valence electrons. The number of rotatable bonds is 5. The molecule has 0 bridgehead atoms. The first-order chi connectivity index (χ1) is 9.15. The summed E-state index contributed by atoms with van der Waals surface area (Å²) in [6.07, 6.45) is 3.20. The Hall–Kier alpha value is -0.790. The summed E-state index contributed by atoms with van der Waals surface area (Å²) < 4.78 is 0. The van der Waals surface area contributed by atoms with Crippen molar-refractivity contribution in [3.05, 3.63) is 70.2 Å². The van der Waals surface area contributed by atoms with E-state index in [1.807, 2.05) is 18.2 Å². The second kappa shape index (κ2) is 7.12. The standard InChI is InChI=1S/C17H18BrCl/c1-13-5-4-6-14(11-13)9-10-16(18)12-15-7-2-3-8-17(15)19/h2-8,11,16H,9-10,12H2,1H3. The van der Waals surface area contributed by atoms with Crippen molar-refractivity contribution in [1.82, 2.24) is 0 Å². The number of hydrogen-bond acceptors (Lipinski definition) is 0. The summed E-state index contributed by atoms with van der Waals surface area (Å²) in [7, 11) is 0. The van der Waals surface area contributed by atoms with E-state index >= 15 is 0 Å². The Bertz CT molecular complexity index is 536. The van der Waals surface area contributed by atoms with E-state index in [4.69, 9.17) is 11.6 Å². The van der Waals surface area contributed by atoms with E-state index in [9.17, 15) is 0 Å². The van der Waals surface area contributed by atoms with Crippen molar-refractivity contribution in [2.24, 2.45) is 0 Å². The number of alkyl halides is 1. The maximum atomic E-state index is 6.19. The van der Waals surface area contributed by atoms with Crippen molar-refractivity contribution >= 4 is 27.5 Å². The van der Waals surface area contributed by atoms with Gasteiger partial charge in [-0.3, -0.25) is 0 Å². The van der Waals surface area contributed by atoms with Crippen LogP contribution < -0.4 is 0 Å². The molecule has 2 aromatic carbocycles. The third-order valence-corrected chi connectivity index (χ3v) is 4.38. The minimum Gasteiger partial charge on any atom is -0.0887 e. The number of benzene rings is 2. The van der Waals surface area contributed by atoms with Crippen LogP contribution in [0, 0.1) is 6.92 Å². The highest BCUT2D eigenvalue weighted by Crippen LogP contribution is 2.22. The molecule has 0 aromatic heterocycles. The van der Waals surface area contributed by atoms with Crippen molar-refractivity contribution < 1.29 is 0 Å². The summed E-state index contributed by atoms with van der Waals surface area (Å²) in [5, 5.41) is 0.863. The average Bonchev–Trinajstić information content (AvgIpc) is 2.39. The zero-order valence-electron chi connectivity index (χ0n) is 11.1. The molecular formula is C17H18BrCl. The van der Waals surface area contributed by atoms with E-state index in [0.29, 0.717) is 4.83 Å². The molecule has 0 heterocycles. The second-order valence-corrected chi connectivity index (χ2v) is 6.62. The van der Waals surface area contributed by atoms with Crippen molar-refractivity contribution in [1.29, 1.82) is 0 Å². The quantitative estimate of drug-likeness (QED) is 0.624. The zero-order valence-corrected chi connectivity index (χ0v) is 13.4. The van der Waals surface area contributed by atoms with Gasteiger partial charge in [-0.15, -0.1) is 0 Å². The van der Waals surface area contributed by atoms with E-state index in [1.54, 1.807) is 0 Å². The summed E-state index contributed by atoms with van der Waals surface area (Å²) in [5.74, 6) is 0. The Morgan fingerprint density at radius 2 is 1.89 bits per heavy atom. The van der Waals surface area contributed by atoms with Gasteiger partial charge in [0.25, 0.3) is 0 Å². The fourth-order valence-electron chi connectivity index (χ4n) is 2.20. The van der Waals surface area contributed by atoms with Gasteiger partial charge >= 0.3 is 0 Å². The molecule has 0 N–H and O–H groups in total. The maximum absolute atomic E-state index is 6.19. The lowest BCUT2D eigenvalue weighted by Gasteiger charge is -2.11. The van der Waals surface area contributed by atoms with Crippen molar-refractivity contribution in [3.63, 3.8) is 0 Å². The summed E-state index contributed by atoms with van der Waals surface area (Å²) >= 11 is 9.95. The van der Waals surface area contributed by atoms with E-state index in [-0.39, 0.29) is 0 Å². The van der Waals surface area contributed by atoms with Crippen LogP contribution in [0.15, 0.2) is 48.5 Å². The van der Waals surface area contributed by atoms with Gasteiger partial charge in [-0.2, -0.15) is 0 Å². The lowest BCUT2D eigenvalue weighted by Crippen LogP contribution is -2.05. The van der Waals surface area contributed by atoms with Gasteiger partial charge in [0.2, 0.25) is 0 Å². The van der Waals surface area contributed by atoms with Crippen LogP contribution in [0.2, 0.25) is 5.02 Å². The normalized spacial score (nSPS) is 12.4. The molecule has 0 spiro atoms. The van der Waals surface area contributed by atoms with Crippen LogP contribution in [0.4, 0.5) is 0 Å². The van der Waals surface area contributed by atoms with Gasteiger partial charge in [-0.1, -0.05) is 75.6 Å². The Morgan fingerprint density at radius 3 is 2.63 bits per heavy atom. The lowest BCUT2D eigenvalue weighted by atomic mass is 10.0. The first-order valence-corrected chi connectivity index (χ1v) is 7.87. The molecule has 0 nitrogen and oxygen atoms in total. The highest BCUT2D eigenvalue weighted by Gasteiger charge is 2.08. The minimum absolute atomic E-state index is 0.466. The van der Waals surface area contributed by atoms with Crippen LogP contribution in [-0.2, 0) is 12.8 Å². The second-order valence-electron chi connectivity index (χ2n) is 4.92. The van der Waals surface area contributed by atoms with Gasteiger partial charge in [0.05, 0.1) is 0 Å². The molecule has 19 heavy (non-hydrogen) atoms. The molecule has 0 saturated heterocycles. The average molecular weight is 338 g/mol. The van der Waals surface area contributed by atoms with E-state index in [1.165, 1.54) is 16.7 Å². The summed E-state index contributed by atoms with van der Waals surface area (Å²) in [6.45, 7) is 2.14. The first kappa shape index (κ1) is 14.6. The predicted molar refractivity (Wildman–Crippen MR) is 87.4 cm³/mol. The first-order valence-electron chi connectivity index (χ1n) is 6.58. The third kappa shape index (κ3) is 4.67. The largest absolute Gasteiger partial charge is 0.0887 e. The van der Waals surface area contributed by atoms with Gasteiger partial charge in [-0.05, 0) is 43.4 Å². The third-order valence-electron chi connectivity index (χ3n) is 3.23. The monoisotopic (exact) mass is 336 g/mol. The molecular weight excluding hydrogens is 320 g/mol. The Labute approximate surface area is 128 Å². The van der Waals surface area contributed by atoms with Crippen LogP contribution >= 0.6 is 27.5 Å². The molecule has 0 saturated carbocycles. The van der Waals surface area contributed by atoms with Crippen LogP contribution in [0.1, 0.15) is 23.1 Å². The highest BCUT2D eigenvalue weighted by atomic mass is 79.9. The SMILES string of the molecule is Cc1cccc(CCC(Br)Cc2ccccc2Cl)c1. The van der Waals surface area contributed by atoms with Crippen molar-refractivity contribution in [2.75, 3.05) is 0 Å². The molecule has 0 fully saturated rings. The zero-order chi connectivity index (χ0) is 13.7. The summed E-state index contributed by atoms with van der Waals surface area (Å²) in [5.41, 5.74) is 3.95. The molecule has 2 heteroatoms. The molecule has 0 aliphatic heterocycles. The molecule has 1 unspecified atom stereocenters. The molecule has 0 amide bonds. The van der Waals surface area contributed by atoms with Crippen molar-refractivity contribution in [2.45, 2.75) is 31.0 Å². The smallest absolute Gasteiger partial charge is 0.0438 e. The Kier molecular flexibility index (Phi) is 5.47. The van der Waals surface area contributed by atoms with Crippen LogP contribution in [0.3, 0.4) is 0 Å². The minimum atomic E-state index is 0.466. The Balaban J connectivity index is 1.88. The van der Waals surface area contributed by atoms with Crippen LogP contribution in [0.25, 0.3) is 0 Å². The van der Waals surface area contributed by atoms with E-state index in [0.717, 1.165) is 24.3 Å². The predicted octanol–water partition coefficient (Wildman–Crippen LogP) is 5.59. The fourth-order valence-corrected chi connectivity index (χ4v) is 2.99. The van der Waals surface area contributed by atoms with Crippen LogP contribution in [0.5, 0.6) is 0 Å². The number of aryl methyl sites for hydroxylation is 2. The molecule has 0 aliphatic rings. The van der Waals surface area contributed by atoms with Crippen LogP contribution in [-0.4, -0.2) is 4.83 Å². The van der Waals surface area contributed by atoms with Gasteiger partial charge in [0.1, 0.15) is 0 Å². The summed E-state index contributed by atoms with van der Waals surface area (Å²) in [6, 6.07) is 16.8. The molecule has 2 rings (SSSR count). The topological polar surface area (TPSA) is 0 Å². The van der Waals surface area contributed by atoms with Crippen molar-refractivity contribution in [3.8, 4) is 0 Å². The van der Waals surface area contributed by atoms with Gasteiger partial charge < -0.3 is 0 Å². The highest BCUT2D eigenvalue weighted by molar-refractivity contribution is 9.09. The van der Waals surface area contributed by atoms with Gasteiger partial charge in [0.15, 0.2) is 0 Å². The molecule has 1 atom stereocenters. The maximum Gasteiger partial charge on any atom is 0.0438 e. The lowest BCUT2D eigenvalue weighted by molar-refractivity contribution is 0.763. The summed E-state index contributed by atoms with van der Waals surface area (Å²) in [4.78, 5) is 0.466. The molecule has 0 radical (unpaired) electrons. The van der Waals surface area contributed by atoms with Gasteiger partial charge in [-0.25, -0.2) is 0 Å². The fraction of sp³-hybridized carbons (Fsp3) is 0.294. The van der Waals surface area contributed by atoms with E-state index in [2.05, 4.69) is 53.2 Å². The number of hydrogen-bond donors (Lipinski definition) is 0. The van der Waals surface area contributed by atoms with Gasteiger partial charge in [0, 0.05) is 9.85 Å². The van der Waals surface area contributed by atoms with E-state index < -0.39 is 0 Å². The Morgan fingerprint density at radius 1 is 1.11 bits per heavy atom. The number of halogens is 2. The molecule has 2 aromatic rings. The molecule has 0 aliphatic carbocycles.